The zero-order valence-electron chi connectivity index (χ0n) is 13.9. The van der Waals surface area contributed by atoms with Crippen molar-refractivity contribution >= 4 is 5.91 Å². The third-order valence-electron chi connectivity index (χ3n) is 4.80. The van der Waals surface area contributed by atoms with E-state index in [1.165, 1.54) is 24.3 Å². The van der Waals surface area contributed by atoms with Crippen LogP contribution in [0.1, 0.15) is 35.2 Å². The topological polar surface area (TPSA) is 40.5 Å². The zero-order valence-corrected chi connectivity index (χ0v) is 13.9. The van der Waals surface area contributed by atoms with Gasteiger partial charge in [0.2, 0.25) is 0 Å². The van der Waals surface area contributed by atoms with Crippen molar-refractivity contribution in [2.45, 2.75) is 25.7 Å². The normalized spacial score (nSPS) is 17.5. The molecule has 3 rings (SSSR count). The van der Waals surface area contributed by atoms with E-state index in [9.17, 15) is 18.7 Å². The summed E-state index contributed by atoms with van der Waals surface area (Å²) in [5.41, 5.74) is 0.412. The highest BCUT2D eigenvalue weighted by atomic mass is 19.1. The summed E-state index contributed by atoms with van der Waals surface area (Å²) >= 11 is 0. The van der Waals surface area contributed by atoms with E-state index in [0.717, 1.165) is 12.8 Å². The summed E-state index contributed by atoms with van der Waals surface area (Å²) in [6, 6.07) is 10.4. The Morgan fingerprint density at radius 3 is 2.56 bits per heavy atom. The zero-order chi connectivity index (χ0) is 17.8. The fourth-order valence-corrected chi connectivity index (χ4v) is 3.43. The van der Waals surface area contributed by atoms with Crippen LogP contribution < -0.4 is 0 Å². The molecule has 0 radical (unpaired) electrons. The average molecular weight is 345 g/mol. The lowest BCUT2D eigenvalue weighted by molar-refractivity contribution is 0.0665. The van der Waals surface area contributed by atoms with Crippen LogP contribution in [0, 0.1) is 17.6 Å². The molecule has 0 aromatic heterocycles. The summed E-state index contributed by atoms with van der Waals surface area (Å²) in [6.07, 6.45) is 2.73. The van der Waals surface area contributed by atoms with Crippen molar-refractivity contribution in [3.8, 4) is 5.75 Å². The standard InChI is InChI=1S/C20H21F2NO2/c21-17-7-3-8-18(22)15(17)11-10-14-5-4-12-23(13-14)20(25)16-6-1-2-9-19(16)24/h1-3,6-9,14,24H,4-5,10-13H2/t14-/m0/s1. The molecule has 0 aliphatic carbocycles. The number of hydrogen-bond acceptors (Lipinski definition) is 2. The molecule has 0 unspecified atom stereocenters. The van der Waals surface area contributed by atoms with Gasteiger partial charge in [-0.2, -0.15) is 0 Å². The molecule has 0 bridgehead atoms. The van der Waals surface area contributed by atoms with Crippen molar-refractivity contribution < 1.29 is 18.7 Å². The molecule has 3 nitrogen and oxygen atoms in total. The summed E-state index contributed by atoms with van der Waals surface area (Å²) in [6.45, 7) is 1.18. The van der Waals surface area contributed by atoms with E-state index in [-0.39, 0.29) is 23.1 Å². The Balaban J connectivity index is 1.63. The van der Waals surface area contributed by atoms with Gasteiger partial charge in [-0.05, 0) is 55.9 Å². The molecule has 1 fully saturated rings. The monoisotopic (exact) mass is 345 g/mol. The second-order valence-electron chi connectivity index (χ2n) is 6.52. The fourth-order valence-electron chi connectivity index (χ4n) is 3.43. The molecule has 2 aromatic rings. The maximum absolute atomic E-state index is 13.7. The number of phenols is 1. The Labute approximate surface area is 145 Å². The van der Waals surface area contributed by atoms with Gasteiger partial charge in [-0.25, -0.2) is 8.78 Å². The Bertz CT molecular complexity index is 743. The highest BCUT2D eigenvalue weighted by Crippen LogP contribution is 2.26. The number of halogens is 2. The number of phenolic OH excluding ortho intramolecular Hbond substituents is 1. The third kappa shape index (κ3) is 3.98. The molecule has 5 heteroatoms. The van der Waals surface area contributed by atoms with Crippen LogP contribution in [0.15, 0.2) is 42.5 Å². The van der Waals surface area contributed by atoms with Crippen molar-refractivity contribution in [2.75, 3.05) is 13.1 Å². The van der Waals surface area contributed by atoms with Gasteiger partial charge in [0.25, 0.3) is 5.91 Å². The summed E-state index contributed by atoms with van der Waals surface area (Å²) in [5.74, 6) is -1.05. The van der Waals surface area contributed by atoms with Gasteiger partial charge in [0.05, 0.1) is 5.56 Å². The van der Waals surface area contributed by atoms with Crippen molar-refractivity contribution in [3.05, 3.63) is 65.2 Å². The SMILES string of the molecule is O=C(c1ccccc1O)N1CCC[C@@H](CCc2c(F)cccc2F)C1. The van der Waals surface area contributed by atoms with E-state index in [0.29, 0.717) is 31.5 Å². The van der Waals surface area contributed by atoms with E-state index in [4.69, 9.17) is 0 Å². The first kappa shape index (κ1) is 17.4. The van der Waals surface area contributed by atoms with Crippen molar-refractivity contribution in [2.24, 2.45) is 5.92 Å². The number of rotatable bonds is 4. The van der Waals surface area contributed by atoms with Crippen LogP contribution in [0.5, 0.6) is 5.75 Å². The van der Waals surface area contributed by atoms with E-state index in [1.54, 1.807) is 23.1 Å². The lowest BCUT2D eigenvalue weighted by Crippen LogP contribution is -2.40. The highest BCUT2D eigenvalue weighted by molar-refractivity contribution is 5.96. The molecule has 132 valence electrons. The van der Waals surface area contributed by atoms with Crippen LogP contribution in [0.25, 0.3) is 0 Å². The number of benzene rings is 2. The van der Waals surface area contributed by atoms with Gasteiger partial charge in [0.1, 0.15) is 17.4 Å². The molecule has 1 amide bonds. The fraction of sp³-hybridized carbons (Fsp3) is 0.350. The second-order valence-corrected chi connectivity index (χ2v) is 6.52. The maximum atomic E-state index is 13.7. The van der Waals surface area contributed by atoms with E-state index in [1.807, 2.05) is 0 Å². The van der Waals surface area contributed by atoms with E-state index < -0.39 is 11.6 Å². The largest absolute Gasteiger partial charge is 0.507 e. The summed E-state index contributed by atoms with van der Waals surface area (Å²) in [7, 11) is 0. The number of nitrogens with zero attached hydrogens (tertiary/aromatic N) is 1. The molecule has 0 spiro atoms. The maximum Gasteiger partial charge on any atom is 0.257 e. The Kier molecular flexibility index (Phi) is 5.31. The van der Waals surface area contributed by atoms with Crippen LogP contribution in [0.2, 0.25) is 0 Å². The summed E-state index contributed by atoms with van der Waals surface area (Å²) in [4.78, 5) is 14.3. The van der Waals surface area contributed by atoms with Crippen LogP contribution in [-0.2, 0) is 6.42 Å². The van der Waals surface area contributed by atoms with Crippen molar-refractivity contribution in [3.63, 3.8) is 0 Å². The first-order valence-corrected chi connectivity index (χ1v) is 8.56. The first-order valence-electron chi connectivity index (χ1n) is 8.56. The molecule has 1 aliphatic heterocycles. The molecule has 0 saturated carbocycles. The molecule has 25 heavy (non-hydrogen) atoms. The van der Waals surface area contributed by atoms with Crippen LogP contribution in [0.4, 0.5) is 8.78 Å². The van der Waals surface area contributed by atoms with Gasteiger partial charge in [-0.1, -0.05) is 18.2 Å². The van der Waals surface area contributed by atoms with Gasteiger partial charge in [0, 0.05) is 18.7 Å². The lowest BCUT2D eigenvalue weighted by Gasteiger charge is -2.33. The molecule has 1 saturated heterocycles. The minimum absolute atomic E-state index is 0.0250. The van der Waals surface area contributed by atoms with Gasteiger partial charge in [-0.15, -0.1) is 0 Å². The molecule has 1 atom stereocenters. The first-order chi connectivity index (χ1) is 12.1. The summed E-state index contributed by atoms with van der Waals surface area (Å²) < 4.78 is 27.5. The van der Waals surface area contributed by atoms with Gasteiger partial charge in [0.15, 0.2) is 0 Å². The molecule has 1 heterocycles. The number of hydrogen-bond donors (Lipinski definition) is 1. The number of amides is 1. The van der Waals surface area contributed by atoms with Gasteiger partial charge >= 0.3 is 0 Å². The predicted octanol–water partition coefficient (Wildman–Crippen LogP) is 4.16. The lowest BCUT2D eigenvalue weighted by atomic mass is 9.91. The smallest absolute Gasteiger partial charge is 0.257 e. The average Bonchev–Trinajstić information content (AvgIpc) is 2.61. The summed E-state index contributed by atoms with van der Waals surface area (Å²) in [5, 5.41) is 9.86. The predicted molar refractivity (Wildman–Crippen MR) is 91.4 cm³/mol. The molecule has 2 aromatic carbocycles. The Hall–Kier alpha value is -2.43. The number of carbonyl (C=O) groups is 1. The van der Waals surface area contributed by atoms with Crippen molar-refractivity contribution in [1.29, 1.82) is 0 Å². The minimum atomic E-state index is -0.516. The van der Waals surface area contributed by atoms with Gasteiger partial charge in [-0.3, -0.25) is 4.79 Å². The number of piperidine rings is 1. The van der Waals surface area contributed by atoms with Crippen LogP contribution in [-0.4, -0.2) is 29.0 Å². The highest BCUT2D eigenvalue weighted by Gasteiger charge is 2.26. The van der Waals surface area contributed by atoms with E-state index in [2.05, 4.69) is 0 Å². The third-order valence-corrected chi connectivity index (χ3v) is 4.80. The number of carbonyl (C=O) groups excluding carboxylic acids is 1. The number of para-hydroxylation sites is 1. The molecule has 1 aliphatic rings. The Morgan fingerprint density at radius 2 is 1.84 bits per heavy atom. The molecular formula is C20H21F2NO2. The van der Waals surface area contributed by atoms with Crippen LogP contribution in [0.3, 0.4) is 0 Å². The van der Waals surface area contributed by atoms with Crippen LogP contribution >= 0.6 is 0 Å². The molecule has 1 N–H and O–H groups in total. The second kappa shape index (κ2) is 7.64. The molecular weight excluding hydrogens is 324 g/mol. The Morgan fingerprint density at radius 1 is 1.12 bits per heavy atom. The number of aromatic hydroxyl groups is 1. The minimum Gasteiger partial charge on any atom is -0.507 e. The van der Waals surface area contributed by atoms with Crippen molar-refractivity contribution in [1.82, 2.24) is 4.90 Å². The van der Waals surface area contributed by atoms with E-state index >= 15 is 0 Å². The quantitative estimate of drug-likeness (QED) is 0.904. The number of likely N-dealkylation sites (tertiary alicyclic amines) is 1. The van der Waals surface area contributed by atoms with Gasteiger partial charge < -0.3 is 10.0 Å².